The van der Waals surface area contributed by atoms with Crippen LogP contribution in [0.4, 0.5) is 5.69 Å². The van der Waals surface area contributed by atoms with Gasteiger partial charge in [-0.1, -0.05) is 62.0 Å². The van der Waals surface area contributed by atoms with Crippen molar-refractivity contribution in [2.45, 2.75) is 57.3 Å². The van der Waals surface area contributed by atoms with Crippen molar-refractivity contribution in [2.75, 3.05) is 17.7 Å². The topological polar surface area (TPSA) is 84.8 Å². The molecule has 0 radical (unpaired) electrons. The van der Waals surface area contributed by atoms with E-state index in [-0.39, 0.29) is 17.8 Å². The first-order chi connectivity index (χ1) is 17.2. The molecule has 0 aliphatic carbocycles. The Bertz CT molecular complexity index is 1300. The van der Waals surface area contributed by atoms with E-state index in [9.17, 15) is 4.79 Å². The van der Waals surface area contributed by atoms with Crippen molar-refractivity contribution in [3.8, 4) is 11.4 Å². The molecule has 2 aromatic carbocycles. The number of aryl methyl sites for hydroxylation is 2. The number of aromatic amines is 1. The van der Waals surface area contributed by atoms with E-state index in [1.54, 1.807) is 0 Å². The lowest BCUT2D eigenvalue weighted by Gasteiger charge is -2.15. The molecular formula is C27H31N5O2S. The second kappa shape index (κ2) is 10.7. The van der Waals surface area contributed by atoms with Crippen molar-refractivity contribution in [2.24, 2.45) is 0 Å². The summed E-state index contributed by atoms with van der Waals surface area (Å²) in [6.07, 6.45) is 5.95. The Labute approximate surface area is 209 Å². The van der Waals surface area contributed by atoms with E-state index in [0.29, 0.717) is 6.54 Å². The Balaban J connectivity index is 1.38. The maximum atomic E-state index is 13.0. The number of ether oxygens (including phenoxy) is 1. The number of benzene rings is 2. The molecule has 5 rings (SSSR count). The lowest BCUT2D eigenvalue weighted by Crippen LogP contribution is -2.19. The lowest BCUT2D eigenvalue weighted by atomic mass is 10.0. The predicted molar refractivity (Wildman–Crippen MR) is 141 cm³/mol. The van der Waals surface area contributed by atoms with Crippen molar-refractivity contribution in [1.29, 1.82) is 0 Å². The van der Waals surface area contributed by atoms with Crippen LogP contribution in [0.1, 0.15) is 37.8 Å². The third kappa shape index (κ3) is 4.99. The Morgan fingerprint density at radius 1 is 1.14 bits per heavy atom. The van der Waals surface area contributed by atoms with E-state index in [1.165, 1.54) is 11.8 Å². The zero-order valence-corrected chi connectivity index (χ0v) is 21.0. The monoisotopic (exact) mass is 489 g/mol. The van der Waals surface area contributed by atoms with Crippen molar-refractivity contribution in [3.63, 3.8) is 0 Å². The molecule has 3 heterocycles. The number of anilines is 1. The number of hydrogen-bond acceptors (Lipinski definition) is 5. The third-order valence-electron chi connectivity index (χ3n) is 6.55. The highest BCUT2D eigenvalue weighted by atomic mass is 32.2. The maximum absolute atomic E-state index is 13.0. The Morgan fingerprint density at radius 2 is 1.94 bits per heavy atom. The molecule has 0 bridgehead atoms. The number of hydrogen-bond donors (Lipinski definition) is 2. The fraction of sp³-hybridized carbons (Fsp3) is 0.370. The molecule has 2 N–H and O–H groups in total. The summed E-state index contributed by atoms with van der Waals surface area (Å²) in [5.41, 5.74) is 5.33. The minimum atomic E-state index is -0.0362. The highest BCUT2D eigenvalue weighted by Gasteiger charge is 2.23. The third-order valence-corrected chi connectivity index (χ3v) is 7.52. The lowest BCUT2D eigenvalue weighted by molar-refractivity contribution is -0.113. The summed E-state index contributed by atoms with van der Waals surface area (Å²) < 4.78 is 8.04. The van der Waals surface area contributed by atoms with Crippen molar-refractivity contribution in [1.82, 2.24) is 19.7 Å². The van der Waals surface area contributed by atoms with Gasteiger partial charge < -0.3 is 15.0 Å². The van der Waals surface area contributed by atoms with Gasteiger partial charge in [-0.15, -0.1) is 10.2 Å². The smallest absolute Gasteiger partial charge is 0.234 e. The first-order valence-electron chi connectivity index (χ1n) is 12.3. The number of fused-ring (bicyclic) bond motifs is 1. The van der Waals surface area contributed by atoms with Gasteiger partial charge in [0.25, 0.3) is 0 Å². The maximum Gasteiger partial charge on any atom is 0.234 e. The molecule has 1 unspecified atom stereocenters. The number of nitrogens with one attached hydrogen (secondary N) is 2. The number of carbonyl (C=O) groups is 1. The van der Waals surface area contributed by atoms with Crippen molar-refractivity contribution >= 4 is 34.3 Å². The molecule has 0 saturated carbocycles. The molecule has 1 saturated heterocycles. The molecule has 1 aliphatic rings. The average Bonchev–Trinajstić information content (AvgIpc) is 3.63. The van der Waals surface area contributed by atoms with Crippen molar-refractivity contribution in [3.05, 3.63) is 59.8 Å². The molecule has 35 heavy (non-hydrogen) atoms. The van der Waals surface area contributed by atoms with E-state index in [2.05, 4.69) is 69.2 Å². The Morgan fingerprint density at radius 3 is 2.69 bits per heavy atom. The second-order valence-corrected chi connectivity index (χ2v) is 9.74. The zero-order chi connectivity index (χ0) is 24.2. The summed E-state index contributed by atoms with van der Waals surface area (Å²) in [7, 11) is 0. The summed E-state index contributed by atoms with van der Waals surface area (Å²) in [4.78, 5) is 16.3. The molecule has 2 aromatic heterocycles. The van der Waals surface area contributed by atoms with Gasteiger partial charge in [0.1, 0.15) is 0 Å². The number of thioether (sulfide) groups is 1. The zero-order valence-electron chi connectivity index (χ0n) is 20.2. The van der Waals surface area contributed by atoms with Crippen LogP contribution in [0, 0.1) is 0 Å². The minimum absolute atomic E-state index is 0.0362. The van der Waals surface area contributed by atoms with Gasteiger partial charge in [0, 0.05) is 35.0 Å². The fourth-order valence-electron chi connectivity index (χ4n) is 4.72. The molecule has 1 fully saturated rings. The number of rotatable bonds is 9. The van der Waals surface area contributed by atoms with Crippen LogP contribution in [-0.2, 0) is 28.9 Å². The molecule has 8 heteroatoms. The van der Waals surface area contributed by atoms with Crippen LogP contribution in [0.5, 0.6) is 0 Å². The van der Waals surface area contributed by atoms with Crippen LogP contribution in [-0.4, -0.2) is 44.1 Å². The van der Waals surface area contributed by atoms with E-state index in [1.807, 2.05) is 18.3 Å². The number of nitrogens with zero attached hydrogens (tertiary/aromatic N) is 3. The summed E-state index contributed by atoms with van der Waals surface area (Å²) in [6, 6.07) is 14.4. The molecule has 4 aromatic rings. The first kappa shape index (κ1) is 23.6. The van der Waals surface area contributed by atoms with Gasteiger partial charge in [-0.2, -0.15) is 0 Å². The van der Waals surface area contributed by atoms with Crippen LogP contribution in [0.2, 0.25) is 0 Å². The minimum Gasteiger partial charge on any atom is -0.376 e. The van der Waals surface area contributed by atoms with E-state index < -0.39 is 0 Å². The molecule has 7 nitrogen and oxygen atoms in total. The van der Waals surface area contributed by atoms with Gasteiger partial charge in [0.2, 0.25) is 5.91 Å². The van der Waals surface area contributed by atoms with Gasteiger partial charge >= 0.3 is 0 Å². The molecule has 182 valence electrons. The standard InChI is InChI=1S/C27H31N5O2S/c1-3-18-9-7-10-19(4-2)25(18)29-24(33)17-35-27-31-30-26(32(27)16-20-11-8-14-34-20)22-15-28-23-13-6-5-12-21(22)23/h5-7,9-10,12-13,15,20,28H,3-4,8,11,14,16-17H2,1-2H3,(H,29,33). The molecule has 1 atom stereocenters. The summed E-state index contributed by atoms with van der Waals surface area (Å²) in [5, 5.41) is 14.0. The van der Waals surface area contributed by atoms with E-state index >= 15 is 0 Å². The van der Waals surface area contributed by atoms with Crippen LogP contribution in [0.25, 0.3) is 22.3 Å². The molecule has 1 amide bonds. The SMILES string of the molecule is CCc1cccc(CC)c1NC(=O)CSc1nnc(-c2c[nH]c3ccccc23)n1CC1CCCO1. The summed E-state index contributed by atoms with van der Waals surface area (Å²) in [5.74, 6) is 1.02. The number of aromatic nitrogens is 4. The quantitative estimate of drug-likeness (QED) is 0.305. The Kier molecular flexibility index (Phi) is 7.20. The van der Waals surface area contributed by atoms with Crippen LogP contribution in [0.15, 0.2) is 53.8 Å². The molecule has 1 aliphatic heterocycles. The Hall–Kier alpha value is -3.10. The number of para-hydroxylation sites is 2. The number of carbonyl (C=O) groups excluding carboxylic acids is 1. The number of amides is 1. The van der Waals surface area contributed by atoms with Gasteiger partial charge in [-0.25, -0.2) is 0 Å². The van der Waals surface area contributed by atoms with Crippen LogP contribution >= 0.6 is 11.8 Å². The highest BCUT2D eigenvalue weighted by molar-refractivity contribution is 7.99. The van der Waals surface area contributed by atoms with Gasteiger partial charge in [-0.05, 0) is 42.9 Å². The van der Waals surface area contributed by atoms with Gasteiger partial charge in [-0.3, -0.25) is 9.36 Å². The van der Waals surface area contributed by atoms with Gasteiger partial charge in [0.05, 0.1) is 18.4 Å². The predicted octanol–water partition coefficient (Wildman–Crippen LogP) is 5.46. The van der Waals surface area contributed by atoms with E-state index in [0.717, 1.165) is 76.6 Å². The molecule has 0 spiro atoms. The summed E-state index contributed by atoms with van der Waals surface area (Å²) >= 11 is 1.42. The highest BCUT2D eigenvalue weighted by Crippen LogP contribution is 2.31. The van der Waals surface area contributed by atoms with Gasteiger partial charge in [0.15, 0.2) is 11.0 Å². The average molecular weight is 490 g/mol. The summed E-state index contributed by atoms with van der Waals surface area (Å²) in [6.45, 7) is 5.68. The first-order valence-corrected chi connectivity index (χ1v) is 13.3. The van der Waals surface area contributed by atoms with Crippen LogP contribution in [0.3, 0.4) is 0 Å². The van der Waals surface area contributed by atoms with E-state index in [4.69, 9.17) is 4.74 Å². The van der Waals surface area contributed by atoms with Crippen molar-refractivity contribution < 1.29 is 9.53 Å². The molecular weight excluding hydrogens is 458 g/mol. The fourth-order valence-corrected chi connectivity index (χ4v) is 5.46. The second-order valence-electron chi connectivity index (χ2n) is 8.79. The van der Waals surface area contributed by atoms with Crippen LogP contribution < -0.4 is 5.32 Å². The largest absolute Gasteiger partial charge is 0.376 e. The normalized spacial score (nSPS) is 15.7. The number of H-pyrrole nitrogens is 1.